The lowest BCUT2D eigenvalue weighted by Gasteiger charge is -2.40. The minimum atomic E-state index is 0.464. The van der Waals surface area contributed by atoms with Crippen LogP contribution in [-0.2, 0) is 18.4 Å². The number of hydrogen-bond acceptors (Lipinski definition) is 1. The molecule has 1 heteroatoms. The standard InChI is InChI=1S/C24H25N/c1-3-10-22-19(6-1)8-5-9-21(22)18-25-16-14-24(15-17-25)13-12-20-7-2-4-11-23(20)24/h1-11H,12-18H2. The summed E-state index contributed by atoms with van der Waals surface area (Å²) >= 11 is 0. The first-order chi connectivity index (χ1) is 12.3. The SMILES string of the molecule is c1ccc2c(c1)CCC21CCN(Cc2cccc3ccccc23)CC1. The summed E-state index contributed by atoms with van der Waals surface area (Å²) in [7, 11) is 0. The van der Waals surface area contributed by atoms with E-state index in [9.17, 15) is 0 Å². The Hall–Kier alpha value is -2.12. The van der Waals surface area contributed by atoms with Gasteiger partial charge in [0.25, 0.3) is 0 Å². The third-order valence-electron chi connectivity index (χ3n) is 6.55. The normalized spacial score (nSPS) is 19.4. The van der Waals surface area contributed by atoms with Gasteiger partial charge in [-0.05, 0) is 71.7 Å². The van der Waals surface area contributed by atoms with Crippen molar-refractivity contribution in [2.45, 2.75) is 37.6 Å². The quantitative estimate of drug-likeness (QED) is 0.616. The molecular weight excluding hydrogens is 302 g/mol. The summed E-state index contributed by atoms with van der Waals surface area (Å²) in [6.45, 7) is 3.52. The van der Waals surface area contributed by atoms with E-state index in [2.05, 4.69) is 71.6 Å². The summed E-state index contributed by atoms with van der Waals surface area (Å²) in [6.07, 6.45) is 5.26. The van der Waals surface area contributed by atoms with Crippen LogP contribution in [0.5, 0.6) is 0 Å². The number of piperidine rings is 1. The number of hydrogen-bond donors (Lipinski definition) is 0. The highest BCUT2D eigenvalue weighted by Crippen LogP contribution is 2.46. The monoisotopic (exact) mass is 327 g/mol. The number of aryl methyl sites for hydroxylation is 1. The molecule has 25 heavy (non-hydrogen) atoms. The minimum absolute atomic E-state index is 0.464. The Bertz CT molecular complexity index is 897. The van der Waals surface area contributed by atoms with Gasteiger partial charge in [0.1, 0.15) is 0 Å². The number of nitrogens with zero attached hydrogens (tertiary/aromatic N) is 1. The molecule has 2 aliphatic rings. The van der Waals surface area contributed by atoms with Crippen molar-refractivity contribution in [1.29, 1.82) is 0 Å². The van der Waals surface area contributed by atoms with Gasteiger partial charge >= 0.3 is 0 Å². The summed E-state index contributed by atoms with van der Waals surface area (Å²) in [4.78, 5) is 2.66. The van der Waals surface area contributed by atoms with E-state index in [1.54, 1.807) is 11.1 Å². The molecule has 0 N–H and O–H groups in total. The predicted octanol–water partition coefficient (Wildman–Crippen LogP) is 5.32. The summed E-state index contributed by atoms with van der Waals surface area (Å²) < 4.78 is 0. The molecule has 1 nitrogen and oxygen atoms in total. The molecular formula is C24H25N. The Morgan fingerprint density at radius 1 is 0.760 bits per heavy atom. The van der Waals surface area contributed by atoms with E-state index in [4.69, 9.17) is 0 Å². The van der Waals surface area contributed by atoms with Crippen molar-refractivity contribution in [3.8, 4) is 0 Å². The molecule has 0 radical (unpaired) electrons. The van der Waals surface area contributed by atoms with Gasteiger partial charge in [-0.3, -0.25) is 4.90 Å². The van der Waals surface area contributed by atoms with Crippen LogP contribution in [0, 0.1) is 0 Å². The highest BCUT2D eigenvalue weighted by Gasteiger charge is 2.40. The third kappa shape index (κ3) is 2.58. The van der Waals surface area contributed by atoms with Crippen molar-refractivity contribution in [2.24, 2.45) is 0 Å². The van der Waals surface area contributed by atoms with Crippen LogP contribution in [0.25, 0.3) is 10.8 Å². The Labute approximate surface area is 150 Å². The van der Waals surface area contributed by atoms with Crippen LogP contribution in [-0.4, -0.2) is 18.0 Å². The molecule has 0 saturated carbocycles. The van der Waals surface area contributed by atoms with E-state index < -0.39 is 0 Å². The molecule has 1 heterocycles. The van der Waals surface area contributed by atoms with E-state index in [1.807, 2.05) is 0 Å². The molecule has 0 atom stereocenters. The van der Waals surface area contributed by atoms with Crippen LogP contribution < -0.4 is 0 Å². The maximum Gasteiger partial charge on any atom is 0.0239 e. The van der Waals surface area contributed by atoms with Gasteiger partial charge in [-0.2, -0.15) is 0 Å². The van der Waals surface area contributed by atoms with Gasteiger partial charge in [-0.1, -0.05) is 66.7 Å². The second-order valence-corrected chi connectivity index (χ2v) is 7.85. The van der Waals surface area contributed by atoms with Gasteiger partial charge in [0.2, 0.25) is 0 Å². The van der Waals surface area contributed by atoms with Crippen molar-refractivity contribution < 1.29 is 0 Å². The molecule has 1 fully saturated rings. The molecule has 1 spiro atoms. The Kier molecular flexibility index (Phi) is 3.64. The molecule has 1 aliphatic heterocycles. The molecule has 1 aliphatic carbocycles. The molecule has 0 amide bonds. The van der Waals surface area contributed by atoms with E-state index in [-0.39, 0.29) is 0 Å². The molecule has 5 rings (SSSR count). The second-order valence-electron chi connectivity index (χ2n) is 7.85. The topological polar surface area (TPSA) is 3.24 Å². The van der Waals surface area contributed by atoms with Gasteiger partial charge in [0, 0.05) is 6.54 Å². The van der Waals surface area contributed by atoms with Crippen molar-refractivity contribution in [3.63, 3.8) is 0 Å². The summed E-state index contributed by atoms with van der Waals surface area (Å²) in [5, 5.41) is 2.77. The zero-order valence-corrected chi connectivity index (χ0v) is 14.7. The maximum absolute atomic E-state index is 2.66. The summed E-state index contributed by atoms with van der Waals surface area (Å²) in [5.74, 6) is 0. The number of benzene rings is 3. The van der Waals surface area contributed by atoms with Gasteiger partial charge in [0.15, 0.2) is 0 Å². The van der Waals surface area contributed by atoms with Crippen molar-refractivity contribution >= 4 is 10.8 Å². The average molecular weight is 327 g/mol. The molecule has 126 valence electrons. The fourth-order valence-electron chi connectivity index (χ4n) is 5.09. The Morgan fingerprint density at radius 3 is 2.44 bits per heavy atom. The maximum atomic E-state index is 2.66. The predicted molar refractivity (Wildman–Crippen MR) is 105 cm³/mol. The van der Waals surface area contributed by atoms with Crippen LogP contribution in [0.1, 0.15) is 36.0 Å². The molecule has 3 aromatic carbocycles. The fourth-order valence-corrected chi connectivity index (χ4v) is 5.09. The lowest BCUT2D eigenvalue weighted by molar-refractivity contribution is 0.152. The zero-order chi connectivity index (χ0) is 16.7. The first-order valence-electron chi connectivity index (χ1n) is 9.62. The minimum Gasteiger partial charge on any atom is -0.299 e. The first-order valence-corrected chi connectivity index (χ1v) is 9.62. The first kappa shape index (κ1) is 15.2. The average Bonchev–Trinajstić information content (AvgIpc) is 3.03. The molecule has 1 saturated heterocycles. The smallest absolute Gasteiger partial charge is 0.0239 e. The molecule has 3 aromatic rings. The van der Waals surface area contributed by atoms with E-state index in [1.165, 1.54) is 55.1 Å². The molecule has 0 bridgehead atoms. The van der Waals surface area contributed by atoms with E-state index >= 15 is 0 Å². The number of likely N-dealkylation sites (tertiary alicyclic amines) is 1. The highest BCUT2D eigenvalue weighted by atomic mass is 15.1. The van der Waals surface area contributed by atoms with Gasteiger partial charge in [0.05, 0.1) is 0 Å². The second kappa shape index (κ2) is 6.00. The highest BCUT2D eigenvalue weighted by molar-refractivity contribution is 5.85. The lowest BCUT2D eigenvalue weighted by Crippen LogP contribution is -2.41. The van der Waals surface area contributed by atoms with Crippen LogP contribution in [0.2, 0.25) is 0 Å². The third-order valence-corrected chi connectivity index (χ3v) is 6.55. The van der Waals surface area contributed by atoms with Gasteiger partial charge in [-0.25, -0.2) is 0 Å². The summed E-state index contributed by atoms with van der Waals surface area (Å²) in [6, 6.07) is 24.7. The zero-order valence-electron chi connectivity index (χ0n) is 14.7. The number of rotatable bonds is 2. The van der Waals surface area contributed by atoms with E-state index in [0.717, 1.165) is 6.54 Å². The summed E-state index contributed by atoms with van der Waals surface area (Å²) in [5.41, 5.74) is 5.19. The number of fused-ring (bicyclic) bond motifs is 3. The van der Waals surface area contributed by atoms with Crippen LogP contribution >= 0.6 is 0 Å². The van der Waals surface area contributed by atoms with Crippen molar-refractivity contribution in [1.82, 2.24) is 4.90 Å². The van der Waals surface area contributed by atoms with Crippen LogP contribution in [0.4, 0.5) is 0 Å². The lowest BCUT2D eigenvalue weighted by atomic mass is 9.74. The molecule has 0 aromatic heterocycles. The van der Waals surface area contributed by atoms with Crippen molar-refractivity contribution in [3.05, 3.63) is 83.4 Å². The van der Waals surface area contributed by atoms with Crippen molar-refractivity contribution in [2.75, 3.05) is 13.1 Å². The Balaban J connectivity index is 1.34. The van der Waals surface area contributed by atoms with Gasteiger partial charge in [-0.15, -0.1) is 0 Å². The van der Waals surface area contributed by atoms with E-state index in [0.29, 0.717) is 5.41 Å². The van der Waals surface area contributed by atoms with Gasteiger partial charge < -0.3 is 0 Å². The van der Waals surface area contributed by atoms with Crippen LogP contribution in [0.3, 0.4) is 0 Å². The molecule has 0 unspecified atom stereocenters. The largest absolute Gasteiger partial charge is 0.299 e. The van der Waals surface area contributed by atoms with Crippen LogP contribution in [0.15, 0.2) is 66.7 Å². The Morgan fingerprint density at radius 2 is 1.52 bits per heavy atom. The fraction of sp³-hybridized carbons (Fsp3) is 0.333.